The van der Waals surface area contributed by atoms with Crippen molar-refractivity contribution < 1.29 is 18.7 Å². The van der Waals surface area contributed by atoms with Gasteiger partial charge in [-0.3, -0.25) is 10.1 Å². The Labute approximate surface area is 150 Å². The number of benzene rings is 2. The molecule has 2 rings (SSSR count). The third-order valence-corrected chi connectivity index (χ3v) is 3.22. The van der Waals surface area contributed by atoms with Gasteiger partial charge in [0.25, 0.3) is 5.91 Å². The second-order valence-corrected chi connectivity index (χ2v) is 6.72. The molecule has 2 amide bonds. The van der Waals surface area contributed by atoms with Gasteiger partial charge in [0.05, 0.1) is 5.69 Å². The van der Waals surface area contributed by atoms with Crippen LogP contribution in [-0.4, -0.2) is 17.6 Å². The maximum Gasteiger partial charge on any atom is 0.412 e. The lowest BCUT2D eigenvalue weighted by Crippen LogP contribution is -2.27. The highest BCUT2D eigenvalue weighted by Crippen LogP contribution is 2.21. The van der Waals surface area contributed by atoms with Crippen LogP contribution in [0, 0.1) is 5.82 Å². The quantitative estimate of drug-likeness (QED) is 0.798. The number of anilines is 2. The van der Waals surface area contributed by atoms with Crippen LogP contribution in [0.3, 0.4) is 0 Å². The first-order valence-electron chi connectivity index (χ1n) is 7.50. The van der Waals surface area contributed by atoms with Crippen molar-refractivity contribution in [3.8, 4) is 0 Å². The number of carbonyl (C=O) groups excluding carboxylic acids is 2. The number of hydrogen-bond donors (Lipinski definition) is 2. The van der Waals surface area contributed by atoms with E-state index >= 15 is 0 Å². The van der Waals surface area contributed by atoms with E-state index < -0.39 is 17.5 Å². The van der Waals surface area contributed by atoms with Crippen LogP contribution in [0.1, 0.15) is 31.1 Å². The summed E-state index contributed by atoms with van der Waals surface area (Å²) in [6, 6.07) is 10.2. The van der Waals surface area contributed by atoms with Gasteiger partial charge in [0.15, 0.2) is 0 Å². The van der Waals surface area contributed by atoms with Crippen molar-refractivity contribution >= 4 is 35.0 Å². The minimum atomic E-state index is -0.785. The number of ether oxygens (including phenoxy) is 1. The van der Waals surface area contributed by atoms with Gasteiger partial charge in [-0.15, -0.1) is 0 Å². The lowest BCUT2D eigenvalue weighted by Gasteiger charge is -2.20. The standard InChI is InChI=1S/C18H18ClFN2O3/c1-18(2,3)25-17(24)22-15-10-13(8-9-14(15)20)21-16(23)11-4-6-12(19)7-5-11/h4-10H,1-3H3,(H,21,23)(H,22,24). The van der Waals surface area contributed by atoms with Crippen molar-refractivity contribution in [3.05, 3.63) is 58.9 Å². The largest absolute Gasteiger partial charge is 0.444 e. The highest BCUT2D eigenvalue weighted by atomic mass is 35.5. The summed E-state index contributed by atoms with van der Waals surface area (Å²) < 4.78 is 19.0. The number of hydrogen-bond acceptors (Lipinski definition) is 3. The number of amides is 2. The zero-order chi connectivity index (χ0) is 18.6. The molecule has 2 N–H and O–H groups in total. The molecule has 0 saturated heterocycles. The fourth-order valence-electron chi connectivity index (χ4n) is 1.92. The van der Waals surface area contributed by atoms with Gasteiger partial charge in [0, 0.05) is 16.3 Å². The van der Waals surface area contributed by atoms with Crippen LogP contribution in [-0.2, 0) is 4.74 Å². The third-order valence-electron chi connectivity index (χ3n) is 2.97. The van der Waals surface area contributed by atoms with E-state index in [1.807, 2.05) is 0 Å². The first-order chi connectivity index (χ1) is 11.6. The van der Waals surface area contributed by atoms with E-state index in [0.717, 1.165) is 6.07 Å². The van der Waals surface area contributed by atoms with Crippen LogP contribution in [0.2, 0.25) is 5.02 Å². The molecular weight excluding hydrogens is 347 g/mol. The molecule has 0 fully saturated rings. The van der Waals surface area contributed by atoms with Crippen molar-refractivity contribution in [2.45, 2.75) is 26.4 Å². The predicted octanol–water partition coefficient (Wildman–Crippen LogP) is 5.08. The highest BCUT2D eigenvalue weighted by Gasteiger charge is 2.18. The Hall–Kier alpha value is -2.60. The molecule has 132 valence electrons. The maximum atomic E-state index is 13.9. The molecule has 0 saturated carbocycles. The minimum absolute atomic E-state index is 0.0943. The zero-order valence-corrected chi connectivity index (χ0v) is 14.8. The van der Waals surface area contributed by atoms with Crippen LogP contribution in [0.5, 0.6) is 0 Å². The summed E-state index contributed by atoms with van der Waals surface area (Å²) in [6.45, 7) is 5.10. The SMILES string of the molecule is CC(C)(C)OC(=O)Nc1cc(NC(=O)c2ccc(Cl)cc2)ccc1F. The molecular formula is C18H18ClFN2O3. The Morgan fingerprint density at radius 3 is 2.28 bits per heavy atom. The van der Waals surface area contributed by atoms with Crippen LogP contribution in [0.25, 0.3) is 0 Å². The number of halogens is 2. The van der Waals surface area contributed by atoms with E-state index in [2.05, 4.69) is 10.6 Å². The molecule has 0 aromatic heterocycles. The van der Waals surface area contributed by atoms with Crippen molar-refractivity contribution in [1.82, 2.24) is 0 Å². The maximum absolute atomic E-state index is 13.9. The summed E-state index contributed by atoms with van der Waals surface area (Å²) in [5.74, 6) is -1.03. The highest BCUT2D eigenvalue weighted by molar-refractivity contribution is 6.30. The average Bonchev–Trinajstić information content (AvgIpc) is 2.49. The van der Waals surface area contributed by atoms with Gasteiger partial charge >= 0.3 is 6.09 Å². The molecule has 7 heteroatoms. The van der Waals surface area contributed by atoms with Gasteiger partial charge < -0.3 is 10.1 Å². The molecule has 0 heterocycles. The van der Waals surface area contributed by atoms with Gasteiger partial charge in [0.1, 0.15) is 11.4 Å². The molecule has 0 aliphatic heterocycles. The third kappa shape index (κ3) is 5.76. The number of nitrogens with one attached hydrogen (secondary N) is 2. The molecule has 5 nitrogen and oxygen atoms in total. The Morgan fingerprint density at radius 2 is 1.68 bits per heavy atom. The minimum Gasteiger partial charge on any atom is -0.444 e. The van der Waals surface area contributed by atoms with Crippen LogP contribution in [0.4, 0.5) is 20.6 Å². The smallest absolute Gasteiger partial charge is 0.412 e. The molecule has 0 spiro atoms. The fraction of sp³-hybridized carbons (Fsp3) is 0.222. The summed E-state index contributed by atoms with van der Waals surface area (Å²) in [5.41, 5.74) is -0.0769. The van der Waals surface area contributed by atoms with Gasteiger partial charge in [-0.05, 0) is 63.2 Å². The van der Waals surface area contributed by atoms with E-state index in [0.29, 0.717) is 16.3 Å². The molecule has 25 heavy (non-hydrogen) atoms. The molecule has 2 aromatic rings. The molecule has 0 aliphatic carbocycles. The average molecular weight is 365 g/mol. The summed E-state index contributed by atoms with van der Waals surface area (Å²) in [5, 5.41) is 5.46. The van der Waals surface area contributed by atoms with Gasteiger partial charge in [-0.2, -0.15) is 0 Å². The Bertz CT molecular complexity index is 786. The Morgan fingerprint density at radius 1 is 1.04 bits per heavy atom. The summed E-state index contributed by atoms with van der Waals surface area (Å²) in [6.07, 6.45) is -0.785. The van der Waals surface area contributed by atoms with Crippen molar-refractivity contribution in [2.24, 2.45) is 0 Å². The molecule has 0 atom stereocenters. The second kappa shape index (κ2) is 7.53. The van der Waals surface area contributed by atoms with E-state index in [1.54, 1.807) is 45.0 Å². The topological polar surface area (TPSA) is 67.4 Å². The molecule has 2 aromatic carbocycles. The first-order valence-corrected chi connectivity index (χ1v) is 7.88. The Balaban J connectivity index is 2.11. The van der Waals surface area contributed by atoms with E-state index in [-0.39, 0.29) is 11.6 Å². The molecule has 0 aliphatic rings. The molecule has 0 radical (unpaired) electrons. The van der Waals surface area contributed by atoms with Crippen LogP contribution >= 0.6 is 11.6 Å². The van der Waals surface area contributed by atoms with Crippen LogP contribution in [0.15, 0.2) is 42.5 Å². The van der Waals surface area contributed by atoms with Gasteiger partial charge in [0.2, 0.25) is 0 Å². The number of rotatable bonds is 3. The summed E-state index contributed by atoms with van der Waals surface area (Å²) in [7, 11) is 0. The van der Waals surface area contributed by atoms with Crippen molar-refractivity contribution in [1.29, 1.82) is 0 Å². The van der Waals surface area contributed by atoms with Gasteiger partial charge in [-0.1, -0.05) is 11.6 Å². The van der Waals surface area contributed by atoms with Gasteiger partial charge in [-0.25, -0.2) is 9.18 Å². The van der Waals surface area contributed by atoms with Crippen molar-refractivity contribution in [2.75, 3.05) is 10.6 Å². The molecule has 0 bridgehead atoms. The van der Waals surface area contributed by atoms with E-state index in [9.17, 15) is 14.0 Å². The zero-order valence-electron chi connectivity index (χ0n) is 14.0. The monoisotopic (exact) mass is 364 g/mol. The second-order valence-electron chi connectivity index (χ2n) is 6.28. The van der Waals surface area contributed by atoms with E-state index in [1.165, 1.54) is 12.1 Å². The normalized spacial score (nSPS) is 10.9. The lowest BCUT2D eigenvalue weighted by molar-refractivity contribution is 0.0635. The summed E-state index contributed by atoms with van der Waals surface area (Å²) >= 11 is 5.78. The first kappa shape index (κ1) is 18.7. The fourth-order valence-corrected chi connectivity index (χ4v) is 2.04. The van der Waals surface area contributed by atoms with E-state index in [4.69, 9.17) is 16.3 Å². The van der Waals surface area contributed by atoms with Crippen molar-refractivity contribution in [3.63, 3.8) is 0 Å². The molecule has 0 unspecified atom stereocenters. The lowest BCUT2D eigenvalue weighted by atomic mass is 10.2. The van der Waals surface area contributed by atoms with Crippen LogP contribution < -0.4 is 10.6 Å². The Kier molecular flexibility index (Phi) is 5.64. The predicted molar refractivity (Wildman–Crippen MR) is 95.7 cm³/mol. The summed E-state index contributed by atoms with van der Waals surface area (Å²) in [4.78, 5) is 23.9. The number of carbonyl (C=O) groups is 2.